The Morgan fingerprint density at radius 1 is 1.61 bits per heavy atom. The van der Waals surface area contributed by atoms with Crippen LogP contribution in [0.3, 0.4) is 0 Å². The molecule has 0 aliphatic heterocycles. The van der Waals surface area contributed by atoms with E-state index in [0.717, 1.165) is 30.7 Å². The summed E-state index contributed by atoms with van der Waals surface area (Å²) in [5, 5.41) is 4.03. The Bertz CT molecular complexity index is 418. The zero-order chi connectivity index (χ0) is 13.1. The van der Waals surface area contributed by atoms with Gasteiger partial charge >= 0.3 is 0 Å². The van der Waals surface area contributed by atoms with Crippen LogP contribution in [0, 0.1) is 12.8 Å². The SMILES string of the molecule is Cc1cnc(C(C)NC(=O)C2CCCC(N)C2)s1. The first-order chi connectivity index (χ1) is 8.56. The maximum absolute atomic E-state index is 12.1. The Balaban J connectivity index is 1.90. The van der Waals surface area contributed by atoms with Crippen molar-refractivity contribution in [1.29, 1.82) is 0 Å². The van der Waals surface area contributed by atoms with Crippen LogP contribution < -0.4 is 11.1 Å². The number of amides is 1. The van der Waals surface area contributed by atoms with Crippen molar-refractivity contribution in [2.75, 3.05) is 0 Å². The van der Waals surface area contributed by atoms with E-state index < -0.39 is 0 Å². The van der Waals surface area contributed by atoms with Crippen LogP contribution in [0.25, 0.3) is 0 Å². The molecule has 3 unspecified atom stereocenters. The van der Waals surface area contributed by atoms with E-state index in [1.54, 1.807) is 11.3 Å². The number of nitrogens with zero attached hydrogens (tertiary/aromatic N) is 1. The summed E-state index contributed by atoms with van der Waals surface area (Å²) in [6.45, 7) is 4.01. The molecule has 1 aliphatic rings. The number of carbonyl (C=O) groups is 1. The minimum Gasteiger partial charge on any atom is -0.347 e. The van der Waals surface area contributed by atoms with Crippen LogP contribution in [-0.4, -0.2) is 16.9 Å². The third-order valence-electron chi connectivity index (χ3n) is 3.45. The first-order valence-corrected chi connectivity index (χ1v) is 7.36. The van der Waals surface area contributed by atoms with Crippen molar-refractivity contribution in [2.45, 2.75) is 51.6 Å². The highest BCUT2D eigenvalue weighted by Gasteiger charge is 2.26. The molecule has 5 heteroatoms. The normalized spacial score (nSPS) is 25.7. The Morgan fingerprint density at radius 2 is 2.39 bits per heavy atom. The third-order valence-corrected chi connectivity index (χ3v) is 4.55. The van der Waals surface area contributed by atoms with Gasteiger partial charge in [-0.05, 0) is 33.1 Å². The average Bonchev–Trinajstić information content (AvgIpc) is 2.76. The molecular weight excluding hydrogens is 246 g/mol. The molecule has 1 saturated carbocycles. The predicted octanol–water partition coefficient (Wildman–Crippen LogP) is 2.15. The molecule has 100 valence electrons. The molecule has 1 fully saturated rings. The summed E-state index contributed by atoms with van der Waals surface area (Å²) in [7, 11) is 0. The molecule has 1 heterocycles. The van der Waals surface area contributed by atoms with Crippen LogP contribution in [-0.2, 0) is 4.79 Å². The van der Waals surface area contributed by atoms with Gasteiger partial charge in [0.2, 0.25) is 5.91 Å². The Kier molecular flexibility index (Phi) is 4.35. The van der Waals surface area contributed by atoms with E-state index in [2.05, 4.69) is 10.3 Å². The number of aromatic nitrogens is 1. The topological polar surface area (TPSA) is 68.0 Å². The summed E-state index contributed by atoms with van der Waals surface area (Å²) in [6, 6.07) is 0.182. The van der Waals surface area contributed by atoms with Crippen LogP contribution in [0.1, 0.15) is 48.5 Å². The van der Waals surface area contributed by atoms with Gasteiger partial charge in [-0.1, -0.05) is 6.42 Å². The van der Waals surface area contributed by atoms with E-state index in [-0.39, 0.29) is 23.9 Å². The lowest BCUT2D eigenvalue weighted by Crippen LogP contribution is -2.38. The highest BCUT2D eigenvalue weighted by Crippen LogP contribution is 2.25. The van der Waals surface area contributed by atoms with E-state index in [0.29, 0.717) is 0 Å². The van der Waals surface area contributed by atoms with Crippen molar-refractivity contribution in [3.05, 3.63) is 16.1 Å². The lowest BCUT2D eigenvalue weighted by molar-refractivity contribution is -0.126. The Morgan fingerprint density at radius 3 is 3.00 bits per heavy atom. The van der Waals surface area contributed by atoms with Gasteiger partial charge in [0, 0.05) is 23.0 Å². The lowest BCUT2D eigenvalue weighted by atomic mass is 9.85. The average molecular weight is 267 g/mol. The van der Waals surface area contributed by atoms with Crippen LogP contribution in [0.4, 0.5) is 0 Å². The third kappa shape index (κ3) is 3.29. The molecule has 0 spiro atoms. The molecular formula is C13H21N3OS. The first-order valence-electron chi connectivity index (χ1n) is 6.54. The van der Waals surface area contributed by atoms with Gasteiger partial charge in [-0.2, -0.15) is 0 Å². The zero-order valence-electron chi connectivity index (χ0n) is 11.0. The maximum Gasteiger partial charge on any atom is 0.223 e. The number of thiazole rings is 1. The molecule has 3 N–H and O–H groups in total. The molecule has 4 nitrogen and oxygen atoms in total. The van der Waals surface area contributed by atoms with E-state index in [1.165, 1.54) is 4.88 Å². The number of carbonyl (C=O) groups excluding carboxylic acids is 1. The molecule has 0 aromatic carbocycles. The minimum atomic E-state index is -0.00523. The van der Waals surface area contributed by atoms with Crippen molar-refractivity contribution in [1.82, 2.24) is 10.3 Å². The second-order valence-corrected chi connectivity index (χ2v) is 6.43. The fraction of sp³-hybridized carbons (Fsp3) is 0.692. The number of hydrogen-bond donors (Lipinski definition) is 2. The summed E-state index contributed by atoms with van der Waals surface area (Å²) in [4.78, 5) is 17.6. The van der Waals surface area contributed by atoms with E-state index in [9.17, 15) is 4.79 Å². The summed E-state index contributed by atoms with van der Waals surface area (Å²) < 4.78 is 0. The lowest BCUT2D eigenvalue weighted by Gasteiger charge is -2.26. The molecule has 18 heavy (non-hydrogen) atoms. The first kappa shape index (κ1) is 13.5. The fourth-order valence-corrected chi connectivity index (χ4v) is 3.21. The van der Waals surface area contributed by atoms with Gasteiger partial charge in [0.1, 0.15) is 5.01 Å². The van der Waals surface area contributed by atoms with Gasteiger partial charge in [-0.25, -0.2) is 4.98 Å². The van der Waals surface area contributed by atoms with Gasteiger partial charge in [0.15, 0.2) is 0 Å². The Labute approximate surface area is 112 Å². The number of aryl methyl sites for hydroxylation is 1. The van der Waals surface area contributed by atoms with Crippen LogP contribution in [0.15, 0.2) is 6.20 Å². The maximum atomic E-state index is 12.1. The number of rotatable bonds is 3. The van der Waals surface area contributed by atoms with E-state index >= 15 is 0 Å². The molecule has 0 radical (unpaired) electrons. The molecule has 0 bridgehead atoms. The number of hydrogen-bond acceptors (Lipinski definition) is 4. The highest BCUT2D eigenvalue weighted by atomic mass is 32.1. The highest BCUT2D eigenvalue weighted by molar-refractivity contribution is 7.11. The van der Waals surface area contributed by atoms with Crippen LogP contribution >= 0.6 is 11.3 Å². The van der Waals surface area contributed by atoms with E-state index in [1.807, 2.05) is 20.0 Å². The van der Waals surface area contributed by atoms with Crippen molar-refractivity contribution in [2.24, 2.45) is 11.7 Å². The Hall–Kier alpha value is -0.940. The number of nitrogens with two attached hydrogens (primary N) is 1. The molecule has 2 rings (SSSR count). The smallest absolute Gasteiger partial charge is 0.223 e. The van der Waals surface area contributed by atoms with Gasteiger partial charge < -0.3 is 11.1 Å². The van der Waals surface area contributed by atoms with Crippen LogP contribution in [0.2, 0.25) is 0 Å². The van der Waals surface area contributed by atoms with E-state index in [4.69, 9.17) is 5.73 Å². The van der Waals surface area contributed by atoms with Gasteiger partial charge in [0.25, 0.3) is 0 Å². The number of nitrogens with one attached hydrogen (secondary N) is 1. The standard InChI is InChI=1S/C13H21N3OS/c1-8-7-15-13(18-8)9(2)16-12(17)10-4-3-5-11(14)6-10/h7,9-11H,3-6,14H2,1-2H3,(H,16,17). The quantitative estimate of drug-likeness (QED) is 0.881. The molecule has 1 aromatic rings. The van der Waals surface area contributed by atoms with Gasteiger partial charge in [-0.15, -0.1) is 11.3 Å². The largest absolute Gasteiger partial charge is 0.347 e. The second kappa shape index (κ2) is 5.80. The van der Waals surface area contributed by atoms with Crippen LogP contribution in [0.5, 0.6) is 0 Å². The fourth-order valence-electron chi connectivity index (χ4n) is 2.43. The zero-order valence-corrected chi connectivity index (χ0v) is 11.8. The summed E-state index contributed by atoms with van der Waals surface area (Å²) in [5.74, 6) is 0.211. The van der Waals surface area contributed by atoms with Crippen molar-refractivity contribution >= 4 is 17.2 Å². The molecule has 3 atom stereocenters. The second-order valence-electron chi connectivity index (χ2n) is 5.16. The minimum absolute atomic E-state index is 0.00523. The molecule has 1 amide bonds. The monoisotopic (exact) mass is 267 g/mol. The molecule has 1 aromatic heterocycles. The summed E-state index contributed by atoms with van der Waals surface area (Å²) in [5.41, 5.74) is 5.92. The van der Waals surface area contributed by atoms with Crippen molar-refractivity contribution < 1.29 is 4.79 Å². The molecule has 0 saturated heterocycles. The van der Waals surface area contributed by atoms with Crippen molar-refractivity contribution in [3.63, 3.8) is 0 Å². The molecule has 1 aliphatic carbocycles. The van der Waals surface area contributed by atoms with Gasteiger partial charge in [0.05, 0.1) is 6.04 Å². The summed E-state index contributed by atoms with van der Waals surface area (Å²) >= 11 is 1.63. The summed E-state index contributed by atoms with van der Waals surface area (Å²) in [6.07, 6.45) is 5.73. The van der Waals surface area contributed by atoms with Gasteiger partial charge in [-0.3, -0.25) is 4.79 Å². The van der Waals surface area contributed by atoms with Crippen molar-refractivity contribution in [3.8, 4) is 0 Å². The predicted molar refractivity (Wildman–Crippen MR) is 73.3 cm³/mol.